The van der Waals surface area contributed by atoms with Gasteiger partial charge in [0.15, 0.2) is 4.87 Å². The lowest BCUT2D eigenvalue weighted by Crippen LogP contribution is -2.98. The number of piperidine rings is 1. The average Bonchev–Trinajstić information content (AvgIpc) is 2.18. The summed E-state index contributed by atoms with van der Waals surface area (Å²) < 4.78 is 4.72. The summed E-state index contributed by atoms with van der Waals surface area (Å²) in [5.74, 6) is 0.117. The van der Waals surface area contributed by atoms with Crippen LogP contribution in [-0.4, -0.2) is 30.5 Å². The maximum atomic E-state index is 11.5. The number of esters is 1. The Morgan fingerprint density at radius 2 is 2.46 bits per heavy atom. The molecule has 0 aromatic carbocycles. The molecule has 3 aliphatic rings. The van der Waals surface area contributed by atoms with E-state index in [1.807, 2.05) is 6.08 Å². The first-order valence-electron chi connectivity index (χ1n) is 4.46. The number of carbonyl (C=O) groups is 1. The highest BCUT2D eigenvalue weighted by molar-refractivity contribution is 6.34. The molecule has 0 unspecified atom stereocenters. The molecule has 0 radical (unpaired) electrons. The minimum atomic E-state index is -0.827. The summed E-state index contributed by atoms with van der Waals surface area (Å²) in [7, 11) is 1.39. The van der Waals surface area contributed by atoms with E-state index in [1.54, 1.807) is 0 Å². The fourth-order valence-corrected chi connectivity index (χ4v) is 2.59. The number of nitrogens with two attached hydrogens (primary N) is 1. The number of carbonyl (C=O) groups excluding carboxylic acids is 1. The number of methoxy groups -OCH3 is 1. The summed E-state index contributed by atoms with van der Waals surface area (Å²) in [6.45, 7) is 1.03. The van der Waals surface area contributed by atoms with Gasteiger partial charge >= 0.3 is 5.97 Å². The topological polar surface area (TPSA) is 42.9 Å². The molecule has 3 atom stereocenters. The van der Waals surface area contributed by atoms with Crippen molar-refractivity contribution >= 4 is 17.6 Å². The molecule has 0 saturated carbocycles. The van der Waals surface area contributed by atoms with Gasteiger partial charge in [0.05, 0.1) is 13.7 Å². The molecule has 2 N–H and O–H groups in total. The molecule has 0 aromatic heterocycles. The van der Waals surface area contributed by atoms with Gasteiger partial charge in [-0.3, -0.25) is 0 Å². The van der Waals surface area contributed by atoms with Gasteiger partial charge in [0, 0.05) is 5.92 Å². The van der Waals surface area contributed by atoms with E-state index in [9.17, 15) is 4.79 Å². The predicted octanol–water partition coefficient (Wildman–Crippen LogP) is -0.341. The van der Waals surface area contributed by atoms with Gasteiger partial charge in [-0.05, 0) is 12.5 Å². The van der Waals surface area contributed by atoms with Crippen LogP contribution >= 0.6 is 11.6 Å². The summed E-state index contributed by atoms with van der Waals surface area (Å²) in [5, 5.41) is 2.11. The van der Waals surface area contributed by atoms with E-state index in [0.717, 1.165) is 6.54 Å². The van der Waals surface area contributed by atoms with Crippen molar-refractivity contribution in [2.24, 2.45) is 5.92 Å². The minimum absolute atomic E-state index is 0.0478. The first-order chi connectivity index (χ1) is 6.16. The molecule has 4 heteroatoms. The van der Waals surface area contributed by atoms with Crippen LogP contribution in [0.4, 0.5) is 0 Å². The van der Waals surface area contributed by atoms with Crippen LogP contribution in [0.5, 0.6) is 0 Å². The van der Waals surface area contributed by atoms with E-state index in [4.69, 9.17) is 16.3 Å². The Hall–Kier alpha value is -0.540. The predicted molar refractivity (Wildman–Crippen MR) is 48.4 cm³/mol. The second-order valence-electron chi connectivity index (χ2n) is 3.70. The first-order valence-corrected chi connectivity index (χ1v) is 4.83. The van der Waals surface area contributed by atoms with E-state index < -0.39 is 4.87 Å². The Bertz CT molecular complexity index is 266. The highest BCUT2D eigenvalue weighted by Crippen LogP contribution is 2.35. The number of hydrogen-bond acceptors (Lipinski definition) is 2. The smallest absolute Gasteiger partial charge is 0.333 e. The summed E-state index contributed by atoms with van der Waals surface area (Å²) >= 11 is 6.27. The van der Waals surface area contributed by atoms with Gasteiger partial charge in [-0.2, -0.15) is 0 Å². The molecule has 1 fully saturated rings. The zero-order valence-corrected chi connectivity index (χ0v) is 8.25. The Kier molecular flexibility index (Phi) is 2.08. The summed E-state index contributed by atoms with van der Waals surface area (Å²) in [5.41, 5.74) is 0. The van der Waals surface area contributed by atoms with Gasteiger partial charge in [-0.1, -0.05) is 17.7 Å². The molecular formula is C9H13ClNO2+. The first kappa shape index (κ1) is 9.03. The second-order valence-corrected chi connectivity index (χ2v) is 4.37. The molecule has 72 valence electrons. The summed E-state index contributed by atoms with van der Waals surface area (Å²) in [4.78, 5) is 10.6. The van der Waals surface area contributed by atoms with Crippen LogP contribution in [0.2, 0.25) is 0 Å². The van der Waals surface area contributed by atoms with E-state index in [0.29, 0.717) is 12.3 Å². The molecule has 2 bridgehead atoms. The Morgan fingerprint density at radius 1 is 1.69 bits per heavy atom. The van der Waals surface area contributed by atoms with Crippen molar-refractivity contribution in [1.82, 2.24) is 0 Å². The van der Waals surface area contributed by atoms with Crippen LogP contribution in [0.15, 0.2) is 12.2 Å². The molecular weight excluding hydrogens is 190 g/mol. The SMILES string of the molecule is COC(=O)[C@@]1(Cl)C[C@@H]2C=C[C@H]1[NH2+]C2. The van der Waals surface area contributed by atoms with Gasteiger partial charge in [0.1, 0.15) is 6.04 Å². The van der Waals surface area contributed by atoms with Crippen molar-refractivity contribution in [3.8, 4) is 0 Å². The summed E-state index contributed by atoms with van der Waals surface area (Å²) in [6.07, 6.45) is 4.87. The largest absolute Gasteiger partial charge is 0.468 e. The van der Waals surface area contributed by atoms with E-state index in [1.165, 1.54) is 7.11 Å². The minimum Gasteiger partial charge on any atom is -0.468 e. The number of quaternary nitrogens is 1. The van der Waals surface area contributed by atoms with Crippen LogP contribution < -0.4 is 5.32 Å². The molecule has 0 aromatic rings. The quantitative estimate of drug-likeness (QED) is 0.359. The van der Waals surface area contributed by atoms with Crippen molar-refractivity contribution in [2.75, 3.05) is 13.7 Å². The second kappa shape index (κ2) is 3.00. The van der Waals surface area contributed by atoms with E-state index in [-0.39, 0.29) is 12.0 Å². The highest BCUT2D eigenvalue weighted by Gasteiger charge is 2.53. The molecule has 1 saturated heterocycles. The zero-order valence-electron chi connectivity index (χ0n) is 7.50. The molecule has 1 aliphatic carbocycles. The van der Waals surface area contributed by atoms with Gasteiger partial charge in [0.25, 0.3) is 0 Å². The lowest BCUT2D eigenvalue weighted by atomic mass is 9.78. The Labute approximate surface area is 82.1 Å². The van der Waals surface area contributed by atoms with Gasteiger partial charge < -0.3 is 10.1 Å². The average molecular weight is 203 g/mol. The van der Waals surface area contributed by atoms with Crippen LogP contribution in [0, 0.1) is 5.92 Å². The number of hydrogen-bond donors (Lipinski definition) is 1. The monoisotopic (exact) mass is 202 g/mol. The van der Waals surface area contributed by atoms with Crippen molar-refractivity contribution in [3.63, 3.8) is 0 Å². The zero-order chi connectivity index (χ0) is 9.47. The fourth-order valence-electron chi connectivity index (χ4n) is 2.15. The van der Waals surface area contributed by atoms with Crippen molar-refractivity contribution in [1.29, 1.82) is 0 Å². The molecule has 13 heavy (non-hydrogen) atoms. The number of alkyl halides is 1. The Morgan fingerprint density at radius 3 is 2.85 bits per heavy atom. The standard InChI is InChI=1S/C9H12ClNO2/c1-13-8(12)9(10)4-6-2-3-7(9)11-5-6/h2-3,6-7,11H,4-5H2,1H3/p+1/t6-,7+,9+/m0/s1. The van der Waals surface area contributed by atoms with Crippen LogP contribution in [0.1, 0.15) is 6.42 Å². The Balaban J connectivity index is 2.25. The maximum Gasteiger partial charge on any atom is 0.333 e. The van der Waals surface area contributed by atoms with Crippen LogP contribution in [0.25, 0.3) is 0 Å². The lowest BCUT2D eigenvalue weighted by molar-refractivity contribution is -0.697. The van der Waals surface area contributed by atoms with Crippen LogP contribution in [0.3, 0.4) is 0 Å². The highest BCUT2D eigenvalue weighted by atomic mass is 35.5. The van der Waals surface area contributed by atoms with Crippen LogP contribution in [-0.2, 0) is 9.53 Å². The molecule has 2 aliphatic heterocycles. The molecule has 0 spiro atoms. The van der Waals surface area contributed by atoms with Gasteiger partial charge in [0.2, 0.25) is 0 Å². The van der Waals surface area contributed by atoms with E-state index in [2.05, 4.69) is 11.4 Å². The molecule has 2 heterocycles. The number of fused-ring (bicyclic) bond motifs is 2. The van der Waals surface area contributed by atoms with Crippen molar-refractivity contribution in [3.05, 3.63) is 12.2 Å². The molecule has 3 nitrogen and oxygen atoms in total. The lowest BCUT2D eigenvalue weighted by Gasteiger charge is -2.39. The number of halogens is 1. The van der Waals surface area contributed by atoms with Crippen molar-refractivity contribution in [2.45, 2.75) is 17.3 Å². The third kappa shape index (κ3) is 1.27. The fraction of sp³-hybridized carbons (Fsp3) is 0.667. The van der Waals surface area contributed by atoms with Gasteiger partial charge in [-0.25, -0.2) is 4.79 Å². The van der Waals surface area contributed by atoms with Gasteiger partial charge in [-0.15, -0.1) is 0 Å². The third-order valence-electron chi connectivity index (χ3n) is 2.90. The number of rotatable bonds is 1. The molecule has 3 rings (SSSR count). The number of ether oxygens (including phenoxy) is 1. The van der Waals surface area contributed by atoms with Crippen molar-refractivity contribution < 1.29 is 14.8 Å². The maximum absolute atomic E-state index is 11.5. The molecule has 0 amide bonds. The summed E-state index contributed by atoms with van der Waals surface area (Å²) in [6, 6.07) is 0.0478. The third-order valence-corrected chi connectivity index (χ3v) is 3.46. The normalized spacial score (nSPS) is 42.0. The van der Waals surface area contributed by atoms with E-state index >= 15 is 0 Å².